The van der Waals surface area contributed by atoms with Crippen LogP contribution in [0, 0.1) is 5.92 Å². The molecule has 4 aromatic rings. The van der Waals surface area contributed by atoms with Gasteiger partial charge in [-0.2, -0.15) is 0 Å². The van der Waals surface area contributed by atoms with E-state index >= 15 is 0 Å². The molecule has 1 amide bonds. The number of benzene rings is 4. The number of hydrogen-bond donors (Lipinski definition) is 2. The first-order chi connectivity index (χ1) is 19.5. The minimum Gasteiger partial charge on any atom is -0.506 e. The molecular weight excluding hydrogens is 512 g/mol. The van der Waals surface area contributed by atoms with Gasteiger partial charge >= 0.3 is 0 Å². The van der Waals surface area contributed by atoms with E-state index in [1.807, 2.05) is 35.2 Å². The fourth-order valence-electron chi connectivity index (χ4n) is 5.75. The summed E-state index contributed by atoms with van der Waals surface area (Å²) in [5.74, 6) is 0.855. The molecule has 1 atom stereocenters. The normalized spacial score (nSPS) is 14.8. The molecule has 0 radical (unpaired) electrons. The Hall–Kier alpha value is -3.54. The van der Waals surface area contributed by atoms with Crippen molar-refractivity contribution in [2.75, 3.05) is 13.1 Å². The molecule has 0 aromatic heterocycles. The quantitative estimate of drug-likeness (QED) is 0.211. The molecule has 5 heteroatoms. The number of carbonyl (C=O) groups is 1. The smallest absolute Gasteiger partial charge is 0.239 e. The molecule has 40 heavy (non-hydrogen) atoms. The third-order valence-electron chi connectivity index (χ3n) is 7.66. The third-order valence-corrected chi connectivity index (χ3v) is 11.6. The van der Waals surface area contributed by atoms with Crippen LogP contribution < -0.4 is 5.32 Å². The Labute approximate surface area is 240 Å². The van der Waals surface area contributed by atoms with Gasteiger partial charge in [-0.25, -0.2) is 0 Å². The first-order valence-electron chi connectivity index (χ1n) is 14.3. The van der Waals surface area contributed by atoms with Crippen molar-refractivity contribution in [2.45, 2.75) is 65.3 Å². The number of rotatable bonds is 10. The number of amides is 1. The van der Waals surface area contributed by atoms with E-state index in [4.69, 9.17) is 0 Å². The minimum atomic E-state index is -2.00. The molecule has 0 saturated carbocycles. The van der Waals surface area contributed by atoms with Crippen LogP contribution in [0.25, 0.3) is 0 Å². The summed E-state index contributed by atoms with van der Waals surface area (Å²) in [6, 6.07) is 37.4. The van der Waals surface area contributed by atoms with Gasteiger partial charge in [0.15, 0.2) is 0 Å². The lowest BCUT2D eigenvalue weighted by molar-refractivity contribution is -0.132. The van der Waals surface area contributed by atoms with E-state index in [1.165, 1.54) is 0 Å². The van der Waals surface area contributed by atoms with E-state index in [0.717, 1.165) is 57.5 Å². The lowest BCUT2D eigenvalue weighted by Gasteiger charge is -2.42. The highest BCUT2D eigenvalue weighted by atomic mass is 32.3. The van der Waals surface area contributed by atoms with E-state index < -0.39 is 10.0 Å². The highest BCUT2D eigenvalue weighted by molar-refractivity contribution is 8.34. The summed E-state index contributed by atoms with van der Waals surface area (Å²) in [6.45, 7) is 6.41. The summed E-state index contributed by atoms with van der Waals surface area (Å²) in [5, 5.41) is 15.6. The van der Waals surface area contributed by atoms with Crippen molar-refractivity contribution in [1.29, 1.82) is 0 Å². The molecule has 2 N–H and O–H groups in total. The van der Waals surface area contributed by atoms with Crippen molar-refractivity contribution >= 4 is 15.9 Å². The number of para-hydroxylation sites is 1. The van der Waals surface area contributed by atoms with Crippen molar-refractivity contribution in [3.8, 4) is 5.75 Å². The molecule has 1 heterocycles. The molecule has 5 rings (SSSR count). The molecule has 1 saturated heterocycles. The summed E-state index contributed by atoms with van der Waals surface area (Å²) in [4.78, 5) is 19.8. The Kier molecular flexibility index (Phi) is 8.93. The maximum absolute atomic E-state index is 13.4. The average molecular weight is 553 g/mol. The first-order valence-corrected chi connectivity index (χ1v) is 16.0. The predicted octanol–water partition coefficient (Wildman–Crippen LogP) is 7.86. The van der Waals surface area contributed by atoms with E-state index in [-0.39, 0.29) is 11.9 Å². The van der Waals surface area contributed by atoms with Crippen LogP contribution in [0.15, 0.2) is 129 Å². The lowest BCUT2D eigenvalue weighted by Crippen LogP contribution is -2.45. The Morgan fingerprint density at radius 3 is 1.75 bits per heavy atom. The highest BCUT2D eigenvalue weighted by Gasteiger charge is 2.36. The van der Waals surface area contributed by atoms with Gasteiger partial charge in [-0.15, -0.1) is 10.0 Å². The zero-order valence-electron chi connectivity index (χ0n) is 23.5. The van der Waals surface area contributed by atoms with E-state index in [9.17, 15) is 9.90 Å². The summed E-state index contributed by atoms with van der Waals surface area (Å²) in [7, 11) is -2.00. The highest BCUT2D eigenvalue weighted by Crippen LogP contribution is 2.75. The zero-order valence-corrected chi connectivity index (χ0v) is 24.3. The molecule has 0 unspecified atom stereocenters. The van der Waals surface area contributed by atoms with Crippen LogP contribution in [0.5, 0.6) is 5.75 Å². The SMILES string of the molecule is CC(C)C[C@H](NCc1cccc(S(c2ccccc2)(c2ccccc2)c2ccccc2)c1O)C(=O)N1CCCC1. The Morgan fingerprint density at radius 1 is 0.775 bits per heavy atom. The largest absolute Gasteiger partial charge is 0.506 e. The third kappa shape index (κ3) is 5.67. The molecule has 1 fully saturated rings. The molecule has 208 valence electrons. The molecule has 4 nitrogen and oxygen atoms in total. The van der Waals surface area contributed by atoms with Gasteiger partial charge in [-0.3, -0.25) is 4.79 Å². The number of likely N-dealkylation sites (tertiary alicyclic amines) is 1. The molecule has 1 aliphatic rings. The minimum absolute atomic E-state index is 0.180. The van der Waals surface area contributed by atoms with E-state index in [0.29, 0.717) is 18.2 Å². The van der Waals surface area contributed by atoms with Crippen LogP contribution in [0.3, 0.4) is 0 Å². The molecule has 0 aliphatic carbocycles. The van der Waals surface area contributed by atoms with Crippen molar-refractivity contribution < 1.29 is 9.90 Å². The molecular formula is C35H40N2O2S. The summed E-state index contributed by atoms with van der Waals surface area (Å²) in [5.41, 5.74) is 0.806. The number of nitrogens with one attached hydrogen (secondary N) is 1. The van der Waals surface area contributed by atoms with Gasteiger partial charge in [0.1, 0.15) is 5.75 Å². The monoisotopic (exact) mass is 552 g/mol. The van der Waals surface area contributed by atoms with Crippen LogP contribution in [0.2, 0.25) is 0 Å². The van der Waals surface area contributed by atoms with Gasteiger partial charge < -0.3 is 15.3 Å². The van der Waals surface area contributed by atoms with Crippen LogP contribution in [-0.4, -0.2) is 35.0 Å². The van der Waals surface area contributed by atoms with Gasteiger partial charge in [0.05, 0.1) is 6.04 Å². The maximum Gasteiger partial charge on any atom is 0.239 e. The number of hydrogen-bond acceptors (Lipinski definition) is 3. The van der Waals surface area contributed by atoms with Gasteiger partial charge in [0.25, 0.3) is 0 Å². The van der Waals surface area contributed by atoms with Gasteiger partial charge in [-0.1, -0.05) is 80.6 Å². The Morgan fingerprint density at radius 2 is 1.27 bits per heavy atom. The fraction of sp³-hybridized carbons (Fsp3) is 0.286. The van der Waals surface area contributed by atoms with Crippen molar-refractivity contribution in [2.24, 2.45) is 5.92 Å². The second kappa shape index (κ2) is 12.8. The Balaban J connectivity index is 1.60. The van der Waals surface area contributed by atoms with Crippen molar-refractivity contribution in [1.82, 2.24) is 10.2 Å². The van der Waals surface area contributed by atoms with Crippen molar-refractivity contribution in [3.63, 3.8) is 0 Å². The first kappa shape index (κ1) is 28.0. The topological polar surface area (TPSA) is 52.6 Å². The molecule has 0 spiro atoms. The summed E-state index contributed by atoms with van der Waals surface area (Å²) in [6.07, 6.45) is 2.92. The number of carbonyl (C=O) groups excluding carboxylic acids is 1. The van der Waals surface area contributed by atoms with Crippen LogP contribution in [0.4, 0.5) is 0 Å². The predicted molar refractivity (Wildman–Crippen MR) is 164 cm³/mol. The molecule has 0 bridgehead atoms. The summed E-state index contributed by atoms with van der Waals surface area (Å²) < 4.78 is 0. The molecule has 4 aromatic carbocycles. The average Bonchev–Trinajstić information content (AvgIpc) is 3.53. The Bertz CT molecular complexity index is 1290. The van der Waals surface area contributed by atoms with E-state index in [1.54, 1.807) is 0 Å². The van der Waals surface area contributed by atoms with Gasteiger partial charge in [-0.05, 0) is 67.6 Å². The number of phenolic OH excluding ortho intramolecular Hbond substituents is 1. The standard InChI is InChI=1S/C35H40N2O2S/c1-27(2)25-32(35(39)37-23-12-13-24-37)36-26-28-15-14-22-33(34(28)38)40(29-16-6-3-7-17-29,30-18-8-4-9-19-30)31-20-10-5-11-21-31/h3-11,14-22,27,32,36,38H,12-13,23-26H2,1-2H3/t32-/m0/s1. The van der Waals surface area contributed by atoms with Gasteiger partial charge in [0, 0.05) is 44.8 Å². The number of phenols is 1. The van der Waals surface area contributed by atoms with Crippen LogP contribution in [-0.2, 0) is 11.3 Å². The lowest BCUT2D eigenvalue weighted by atomic mass is 10.0. The number of aromatic hydroxyl groups is 1. The maximum atomic E-state index is 13.4. The second-order valence-corrected chi connectivity index (χ2v) is 14.0. The second-order valence-electron chi connectivity index (χ2n) is 10.9. The molecule has 1 aliphatic heterocycles. The zero-order chi connectivity index (χ0) is 28.0. The van der Waals surface area contributed by atoms with E-state index in [2.05, 4.69) is 98.0 Å². The van der Waals surface area contributed by atoms with Crippen molar-refractivity contribution in [3.05, 3.63) is 115 Å². The van der Waals surface area contributed by atoms with Crippen LogP contribution in [0.1, 0.15) is 38.7 Å². The van der Waals surface area contributed by atoms with Crippen LogP contribution >= 0.6 is 10.0 Å². The summed E-state index contributed by atoms with van der Waals surface area (Å²) >= 11 is 0. The number of nitrogens with zero attached hydrogens (tertiary/aromatic N) is 1. The fourth-order valence-corrected chi connectivity index (χ4v) is 9.73. The van der Waals surface area contributed by atoms with Gasteiger partial charge in [0.2, 0.25) is 5.91 Å².